The van der Waals surface area contributed by atoms with Crippen LogP contribution in [0.4, 0.5) is 0 Å². The summed E-state index contributed by atoms with van der Waals surface area (Å²) in [6, 6.07) is 1.85. The van der Waals surface area contributed by atoms with Crippen LogP contribution in [0.15, 0.2) is 16.8 Å². The number of nitrogens with one attached hydrogen (secondary N) is 1. The molecule has 1 saturated heterocycles. The third-order valence-electron chi connectivity index (χ3n) is 3.74. The van der Waals surface area contributed by atoms with E-state index in [1.165, 1.54) is 0 Å². The molecule has 0 unspecified atom stereocenters. The summed E-state index contributed by atoms with van der Waals surface area (Å²) in [6.45, 7) is 11.0. The van der Waals surface area contributed by atoms with Crippen LogP contribution in [0, 0.1) is 0 Å². The van der Waals surface area contributed by atoms with E-state index in [9.17, 15) is 4.79 Å². The SMILES string of the molecule is C[C@@H]1CN(C(C)(C)CNC(=O)c2ccsc2)C[C@H](C)O1. The van der Waals surface area contributed by atoms with Gasteiger partial charge in [0, 0.05) is 36.1 Å². The van der Waals surface area contributed by atoms with E-state index in [1.807, 2.05) is 16.8 Å². The standard InChI is InChI=1S/C15H24N2O2S/c1-11-7-17(8-12(2)19-11)15(3,4)10-16-14(18)13-5-6-20-9-13/h5-6,9,11-12H,7-8,10H2,1-4H3,(H,16,18)/t11-,12+. The predicted octanol–water partition coefficient (Wildman–Crippen LogP) is 2.37. The summed E-state index contributed by atoms with van der Waals surface area (Å²) >= 11 is 1.54. The molecule has 4 nitrogen and oxygen atoms in total. The van der Waals surface area contributed by atoms with E-state index in [0.717, 1.165) is 18.7 Å². The molecule has 0 spiro atoms. The molecule has 1 aromatic heterocycles. The summed E-state index contributed by atoms with van der Waals surface area (Å²) in [5, 5.41) is 6.84. The quantitative estimate of drug-likeness (QED) is 0.927. The van der Waals surface area contributed by atoms with E-state index in [-0.39, 0.29) is 23.7 Å². The van der Waals surface area contributed by atoms with Crippen LogP contribution < -0.4 is 5.32 Å². The summed E-state index contributed by atoms with van der Waals surface area (Å²) in [5.74, 6) is 0.00804. The van der Waals surface area contributed by atoms with Crippen LogP contribution in [0.5, 0.6) is 0 Å². The molecule has 5 heteroatoms. The number of thiophene rings is 1. The lowest BCUT2D eigenvalue weighted by atomic mass is 10.00. The first-order valence-electron chi connectivity index (χ1n) is 7.09. The average Bonchev–Trinajstić information content (AvgIpc) is 2.88. The van der Waals surface area contributed by atoms with Gasteiger partial charge in [0.2, 0.25) is 0 Å². The number of amides is 1. The Kier molecular flexibility index (Phi) is 4.83. The van der Waals surface area contributed by atoms with E-state index in [1.54, 1.807) is 11.3 Å². The topological polar surface area (TPSA) is 41.6 Å². The lowest BCUT2D eigenvalue weighted by Crippen LogP contribution is -2.58. The van der Waals surface area contributed by atoms with Crippen molar-refractivity contribution in [3.8, 4) is 0 Å². The van der Waals surface area contributed by atoms with Crippen molar-refractivity contribution in [3.63, 3.8) is 0 Å². The first-order valence-corrected chi connectivity index (χ1v) is 8.03. The Balaban J connectivity index is 1.91. The number of ether oxygens (including phenoxy) is 1. The highest BCUT2D eigenvalue weighted by Crippen LogP contribution is 2.20. The Hall–Kier alpha value is -0.910. The summed E-state index contributed by atoms with van der Waals surface area (Å²) in [4.78, 5) is 14.4. The molecule has 0 aromatic carbocycles. The van der Waals surface area contributed by atoms with Crippen LogP contribution in [0.2, 0.25) is 0 Å². The Morgan fingerprint density at radius 2 is 2.10 bits per heavy atom. The van der Waals surface area contributed by atoms with Crippen molar-refractivity contribution in [2.45, 2.75) is 45.4 Å². The number of hydrogen-bond donors (Lipinski definition) is 1. The Morgan fingerprint density at radius 3 is 2.65 bits per heavy atom. The normalized spacial score (nSPS) is 24.6. The molecule has 1 fully saturated rings. The van der Waals surface area contributed by atoms with Crippen molar-refractivity contribution in [1.29, 1.82) is 0 Å². The minimum Gasteiger partial charge on any atom is -0.373 e. The Bertz CT molecular complexity index is 435. The zero-order valence-electron chi connectivity index (χ0n) is 12.7. The maximum Gasteiger partial charge on any atom is 0.252 e. The Labute approximate surface area is 125 Å². The molecule has 2 heterocycles. The molecule has 1 aliphatic heterocycles. The summed E-state index contributed by atoms with van der Waals surface area (Å²) in [7, 11) is 0. The van der Waals surface area contributed by atoms with Crippen LogP contribution in [-0.4, -0.2) is 48.2 Å². The minimum absolute atomic E-state index is 0.00804. The van der Waals surface area contributed by atoms with Gasteiger partial charge in [-0.2, -0.15) is 11.3 Å². The van der Waals surface area contributed by atoms with Gasteiger partial charge < -0.3 is 10.1 Å². The lowest BCUT2D eigenvalue weighted by Gasteiger charge is -2.45. The number of nitrogens with zero attached hydrogens (tertiary/aromatic N) is 1. The zero-order valence-corrected chi connectivity index (χ0v) is 13.5. The Morgan fingerprint density at radius 1 is 1.45 bits per heavy atom. The average molecular weight is 296 g/mol. The van der Waals surface area contributed by atoms with E-state index < -0.39 is 0 Å². The second-order valence-electron chi connectivity index (χ2n) is 6.17. The molecule has 2 atom stereocenters. The van der Waals surface area contributed by atoms with Crippen molar-refractivity contribution in [2.24, 2.45) is 0 Å². The van der Waals surface area contributed by atoms with E-state index in [2.05, 4.69) is 37.9 Å². The van der Waals surface area contributed by atoms with Crippen molar-refractivity contribution in [1.82, 2.24) is 10.2 Å². The second kappa shape index (κ2) is 6.24. The fourth-order valence-corrected chi connectivity index (χ4v) is 3.21. The van der Waals surface area contributed by atoms with Crippen LogP contribution in [0.1, 0.15) is 38.1 Å². The monoisotopic (exact) mass is 296 g/mol. The zero-order chi connectivity index (χ0) is 14.8. The first-order chi connectivity index (χ1) is 9.38. The van der Waals surface area contributed by atoms with Crippen molar-refractivity contribution in [2.75, 3.05) is 19.6 Å². The van der Waals surface area contributed by atoms with E-state index >= 15 is 0 Å². The predicted molar refractivity (Wildman–Crippen MR) is 82.3 cm³/mol. The van der Waals surface area contributed by atoms with Crippen LogP contribution in [0.25, 0.3) is 0 Å². The lowest BCUT2D eigenvalue weighted by molar-refractivity contribution is -0.0948. The van der Waals surface area contributed by atoms with Crippen molar-refractivity contribution in [3.05, 3.63) is 22.4 Å². The number of rotatable bonds is 4. The summed E-state index contributed by atoms with van der Waals surface area (Å²) in [6.07, 6.45) is 0.483. The van der Waals surface area contributed by atoms with Gasteiger partial charge in [-0.1, -0.05) is 0 Å². The minimum atomic E-state index is -0.0714. The molecule has 1 aromatic rings. The second-order valence-corrected chi connectivity index (χ2v) is 6.95. The maximum atomic E-state index is 12.0. The first kappa shape index (κ1) is 15.5. The van der Waals surface area contributed by atoms with Gasteiger partial charge in [0.05, 0.1) is 12.2 Å². The number of carbonyl (C=O) groups excluding carboxylic acids is 1. The molecule has 2 rings (SSSR count). The molecule has 0 aliphatic carbocycles. The summed E-state index contributed by atoms with van der Waals surface area (Å²) < 4.78 is 5.77. The van der Waals surface area contributed by atoms with Gasteiger partial charge in [0.25, 0.3) is 5.91 Å². The largest absolute Gasteiger partial charge is 0.373 e. The fourth-order valence-electron chi connectivity index (χ4n) is 2.58. The van der Waals surface area contributed by atoms with Gasteiger partial charge in [-0.15, -0.1) is 0 Å². The molecule has 0 radical (unpaired) electrons. The van der Waals surface area contributed by atoms with Crippen molar-refractivity contribution >= 4 is 17.2 Å². The third-order valence-corrected chi connectivity index (χ3v) is 4.42. The molecule has 1 aliphatic rings. The molecule has 1 N–H and O–H groups in total. The molecule has 112 valence electrons. The smallest absolute Gasteiger partial charge is 0.252 e. The highest BCUT2D eigenvalue weighted by molar-refractivity contribution is 7.08. The number of hydrogen-bond acceptors (Lipinski definition) is 4. The fraction of sp³-hybridized carbons (Fsp3) is 0.667. The van der Waals surface area contributed by atoms with Crippen molar-refractivity contribution < 1.29 is 9.53 Å². The molecule has 0 bridgehead atoms. The highest BCUT2D eigenvalue weighted by atomic mass is 32.1. The third kappa shape index (κ3) is 3.81. The van der Waals surface area contributed by atoms with Gasteiger partial charge in [-0.05, 0) is 39.1 Å². The molecular weight excluding hydrogens is 272 g/mol. The van der Waals surface area contributed by atoms with Crippen LogP contribution in [0.3, 0.4) is 0 Å². The maximum absolute atomic E-state index is 12.0. The van der Waals surface area contributed by atoms with Gasteiger partial charge in [-0.25, -0.2) is 0 Å². The highest BCUT2D eigenvalue weighted by Gasteiger charge is 2.33. The summed E-state index contributed by atoms with van der Waals surface area (Å²) in [5.41, 5.74) is 0.673. The molecule has 0 saturated carbocycles. The van der Waals surface area contributed by atoms with Gasteiger partial charge >= 0.3 is 0 Å². The number of carbonyl (C=O) groups is 1. The van der Waals surface area contributed by atoms with Crippen LogP contribution >= 0.6 is 11.3 Å². The molecule has 1 amide bonds. The van der Waals surface area contributed by atoms with Crippen LogP contribution in [-0.2, 0) is 4.74 Å². The van der Waals surface area contributed by atoms with Gasteiger partial charge in [-0.3, -0.25) is 9.69 Å². The van der Waals surface area contributed by atoms with Gasteiger partial charge in [0.1, 0.15) is 0 Å². The molecule has 20 heavy (non-hydrogen) atoms. The van der Waals surface area contributed by atoms with Gasteiger partial charge in [0.15, 0.2) is 0 Å². The number of morpholine rings is 1. The van der Waals surface area contributed by atoms with E-state index in [0.29, 0.717) is 6.54 Å². The van der Waals surface area contributed by atoms with E-state index in [4.69, 9.17) is 4.74 Å². The molecular formula is C15H24N2O2S.